The number of unbranched alkanes of at least 4 members (excludes halogenated alkanes) is 2. The van der Waals surface area contributed by atoms with Crippen molar-refractivity contribution in [2.75, 3.05) is 25.6 Å². The van der Waals surface area contributed by atoms with Crippen LogP contribution in [0.2, 0.25) is 0 Å². The second-order valence-corrected chi connectivity index (χ2v) is 7.47. The van der Waals surface area contributed by atoms with Crippen molar-refractivity contribution in [1.82, 2.24) is 0 Å². The second kappa shape index (κ2) is 11.8. The fourth-order valence-electron chi connectivity index (χ4n) is 3.09. The van der Waals surface area contributed by atoms with E-state index in [4.69, 9.17) is 32.2 Å². The summed E-state index contributed by atoms with van der Waals surface area (Å²) in [5.41, 5.74) is 8.63. The molecular formula is C25H28N2O3S. The van der Waals surface area contributed by atoms with E-state index in [-0.39, 0.29) is 5.11 Å². The van der Waals surface area contributed by atoms with Crippen LogP contribution in [-0.4, -0.2) is 25.4 Å². The topological polar surface area (TPSA) is 65.7 Å². The van der Waals surface area contributed by atoms with Crippen LogP contribution in [0.25, 0.3) is 11.1 Å². The Morgan fingerprint density at radius 3 is 1.94 bits per heavy atom. The Balaban J connectivity index is 1.32. The van der Waals surface area contributed by atoms with Crippen LogP contribution in [0.5, 0.6) is 17.2 Å². The predicted molar refractivity (Wildman–Crippen MR) is 130 cm³/mol. The summed E-state index contributed by atoms with van der Waals surface area (Å²) in [6.45, 7) is 1.35. The maximum atomic E-state index is 5.86. The molecule has 3 aromatic carbocycles. The fraction of sp³-hybridized carbons (Fsp3) is 0.240. The van der Waals surface area contributed by atoms with Crippen LogP contribution in [0, 0.1) is 0 Å². The van der Waals surface area contributed by atoms with Gasteiger partial charge in [-0.1, -0.05) is 30.3 Å². The highest BCUT2D eigenvalue weighted by Crippen LogP contribution is 2.24. The zero-order chi connectivity index (χ0) is 21.9. The molecule has 0 aliphatic heterocycles. The molecule has 0 unspecified atom stereocenters. The Hall–Kier alpha value is -3.25. The number of hydrogen-bond acceptors (Lipinski definition) is 4. The number of methoxy groups -OCH3 is 1. The molecule has 3 rings (SSSR count). The van der Waals surface area contributed by atoms with Crippen LogP contribution in [0.1, 0.15) is 19.3 Å². The van der Waals surface area contributed by atoms with E-state index < -0.39 is 0 Å². The third-order valence-electron chi connectivity index (χ3n) is 4.71. The van der Waals surface area contributed by atoms with E-state index in [1.54, 1.807) is 7.11 Å². The lowest BCUT2D eigenvalue weighted by Crippen LogP contribution is -2.18. The van der Waals surface area contributed by atoms with E-state index in [9.17, 15) is 0 Å². The number of nitrogens with two attached hydrogens (primary N) is 1. The molecular weight excluding hydrogens is 408 g/mol. The molecule has 0 atom stereocenters. The third-order valence-corrected chi connectivity index (χ3v) is 4.81. The zero-order valence-corrected chi connectivity index (χ0v) is 18.5. The molecule has 0 bridgehead atoms. The lowest BCUT2D eigenvalue weighted by molar-refractivity contribution is 0.279. The first-order valence-electron chi connectivity index (χ1n) is 10.3. The molecule has 0 fully saturated rings. The van der Waals surface area contributed by atoms with Gasteiger partial charge in [0, 0.05) is 11.8 Å². The van der Waals surface area contributed by atoms with Crippen LogP contribution in [0.4, 0.5) is 5.69 Å². The first-order valence-corrected chi connectivity index (χ1v) is 10.7. The fourth-order valence-corrected chi connectivity index (χ4v) is 3.21. The summed E-state index contributed by atoms with van der Waals surface area (Å²) < 4.78 is 16.9. The molecule has 5 nitrogen and oxygen atoms in total. The molecule has 0 aliphatic carbocycles. The third kappa shape index (κ3) is 7.50. The summed E-state index contributed by atoms with van der Waals surface area (Å²) in [5.74, 6) is 2.54. The lowest BCUT2D eigenvalue weighted by atomic mass is 10.1. The minimum absolute atomic E-state index is 0.243. The molecule has 0 aliphatic rings. The van der Waals surface area contributed by atoms with Gasteiger partial charge in [-0.25, -0.2) is 0 Å². The largest absolute Gasteiger partial charge is 0.497 e. The number of hydrogen-bond donors (Lipinski definition) is 2. The molecule has 0 spiro atoms. The first kappa shape index (κ1) is 22.4. The molecule has 0 radical (unpaired) electrons. The Kier molecular flexibility index (Phi) is 8.55. The summed E-state index contributed by atoms with van der Waals surface area (Å²) in [6.07, 6.45) is 2.98. The highest BCUT2D eigenvalue weighted by molar-refractivity contribution is 7.80. The second-order valence-electron chi connectivity index (χ2n) is 7.03. The van der Waals surface area contributed by atoms with Crippen LogP contribution in [-0.2, 0) is 0 Å². The van der Waals surface area contributed by atoms with Gasteiger partial charge in [-0.15, -0.1) is 0 Å². The number of nitrogens with one attached hydrogen (secondary N) is 1. The molecule has 0 saturated carbocycles. The van der Waals surface area contributed by atoms with Crippen molar-refractivity contribution in [3.05, 3.63) is 72.8 Å². The van der Waals surface area contributed by atoms with Crippen LogP contribution in [0.15, 0.2) is 72.8 Å². The van der Waals surface area contributed by atoms with E-state index in [0.29, 0.717) is 13.2 Å². The van der Waals surface area contributed by atoms with Crippen molar-refractivity contribution in [2.24, 2.45) is 5.73 Å². The Morgan fingerprint density at radius 2 is 1.35 bits per heavy atom. The van der Waals surface area contributed by atoms with Crippen molar-refractivity contribution < 1.29 is 14.2 Å². The maximum absolute atomic E-state index is 5.86. The molecule has 162 valence electrons. The minimum Gasteiger partial charge on any atom is -0.497 e. The Labute approximate surface area is 189 Å². The highest BCUT2D eigenvalue weighted by atomic mass is 32.1. The lowest BCUT2D eigenvalue weighted by Gasteiger charge is -2.10. The molecule has 3 aromatic rings. The van der Waals surface area contributed by atoms with Crippen LogP contribution >= 0.6 is 12.2 Å². The SMILES string of the molecule is COc1ccc(-c2ccc(OCCCCCOc3cccc(NC(N)=S)c3)cc2)cc1. The Morgan fingerprint density at radius 1 is 0.774 bits per heavy atom. The van der Waals surface area contributed by atoms with Gasteiger partial charge in [0.1, 0.15) is 17.2 Å². The minimum atomic E-state index is 0.243. The van der Waals surface area contributed by atoms with Gasteiger partial charge in [-0.2, -0.15) is 0 Å². The Bertz CT molecular complexity index is 959. The number of rotatable bonds is 11. The zero-order valence-electron chi connectivity index (χ0n) is 17.7. The quantitative estimate of drug-likeness (QED) is 0.299. The van der Waals surface area contributed by atoms with E-state index in [1.807, 2.05) is 48.5 Å². The van der Waals surface area contributed by atoms with E-state index in [1.165, 1.54) is 0 Å². The van der Waals surface area contributed by atoms with Crippen LogP contribution < -0.4 is 25.3 Å². The summed E-state index contributed by atoms with van der Waals surface area (Å²) in [4.78, 5) is 0. The normalized spacial score (nSPS) is 10.4. The van der Waals surface area contributed by atoms with E-state index >= 15 is 0 Å². The van der Waals surface area contributed by atoms with Gasteiger partial charge in [0.25, 0.3) is 0 Å². The first-order chi connectivity index (χ1) is 15.1. The maximum Gasteiger partial charge on any atom is 0.168 e. The van der Waals surface area contributed by atoms with Crippen molar-refractivity contribution in [2.45, 2.75) is 19.3 Å². The van der Waals surface area contributed by atoms with E-state index in [2.05, 4.69) is 29.6 Å². The number of ether oxygens (including phenoxy) is 3. The number of thiocarbonyl (C=S) groups is 1. The van der Waals surface area contributed by atoms with Gasteiger partial charge in [-0.3, -0.25) is 0 Å². The average molecular weight is 437 g/mol. The van der Waals surface area contributed by atoms with Gasteiger partial charge in [-0.05, 0) is 79.0 Å². The van der Waals surface area contributed by atoms with Crippen molar-refractivity contribution in [1.29, 1.82) is 0 Å². The monoisotopic (exact) mass is 436 g/mol. The van der Waals surface area contributed by atoms with Crippen molar-refractivity contribution in [3.8, 4) is 28.4 Å². The molecule has 31 heavy (non-hydrogen) atoms. The van der Waals surface area contributed by atoms with Crippen LogP contribution in [0.3, 0.4) is 0 Å². The number of benzene rings is 3. The standard InChI is InChI=1S/C25H28N2O3S/c1-28-22-12-8-19(9-13-22)20-10-14-23(15-11-20)29-16-3-2-4-17-30-24-7-5-6-21(18-24)27-25(26)31/h5-15,18H,2-4,16-17H2,1H3,(H3,26,27,31). The summed E-state index contributed by atoms with van der Waals surface area (Å²) in [5, 5.41) is 3.15. The van der Waals surface area contributed by atoms with Gasteiger partial charge in [0.05, 0.1) is 20.3 Å². The average Bonchev–Trinajstić information content (AvgIpc) is 2.79. The number of anilines is 1. The molecule has 0 heterocycles. The predicted octanol–water partition coefficient (Wildman–Crippen LogP) is 5.65. The molecule has 3 N–H and O–H groups in total. The van der Waals surface area contributed by atoms with Gasteiger partial charge < -0.3 is 25.3 Å². The van der Waals surface area contributed by atoms with Crippen molar-refractivity contribution in [3.63, 3.8) is 0 Å². The molecule has 0 saturated heterocycles. The van der Waals surface area contributed by atoms with Gasteiger partial charge in [0.15, 0.2) is 5.11 Å². The summed E-state index contributed by atoms with van der Waals surface area (Å²) in [7, 11) is 1.67. The molecule has 6 heteroatoms. The smallest absolute Gasteiger partial charge is 0.168 e. The molecule has 0 amide bonds. The van der Waals surface area contributed by atoms with E-state index in [0.717, 1.165) is 53.3 Å². The van der Waals surface area contributed by atoms with Gasteiger partial charge >= 0.3 is 0 Å². The molecule has 0 aromatic heterocycles. The summed E-state index contributed by atoms with van der Waals surface area (Å²) >= 11 is 4.85. The van der Waals surface area contributed by atoms with Crippen molar-refractivity contribution >= 4 is 23.0 Å². The van der Waals surface area contributed by atoms with Gasteiger partial charge in [0.2, 0.25) is 0 Å². The highest BCUT2D eigenvalue weighted by Gasteiger charge is 2.01. The summed E-state index contributed by atoms with van der Waals surface area (Å²) in [6, 6.07) is 23.8.